The first kappa shape index (κ1) is 13.7. The Morgan fingerprint density at radius 2 is 2.24 bits per heavy atom. The third-order valence-corrected chi connectivity index (χ3v) is 3.95. The van der Waals surface area contributed by atoms with Crippen molar-refractivity contribution in [1.29, 1.82) is 0 Å². The Balaban J connectivity index is 1.89. The van der Waals surface area contributed by atoms with E-state index in [4.69, 9.17) is 9.26 Å². The Bertz CT molecular complexity index is 606. The van der Waals surface area contributed by atoms with Crippen LogP contribution in [0.3, 0.4) is 0 Å². The van der Waals surface area contributed by atoms with Crippen LogP contribution in [0.15, 0.2) is 29.0 Å². The molecule has 3 rings (SSSR count). The van der Waals surface area contributed by atoms with Gasteiger partial charge in [-0.3, -0.25) is 9.78 Å². The molecule has 1 aliphatic carbocycles. The van der Waals surface area contributed by atoms with E-state index in [1.807, 2.05) is 6.07 Å². The number of carbonyl (C=O) groups excluding carboxylic acids is 1. The van der Waals surface area contributed by atoms with Crippen LogP contribution < -0.4 is 0 Å². The standard InChI is InChI=1S/C15H17N3O3/c1-20-15(19)12(10-5-2-3-6-10)14-17-13(18-21-14)11-7-4-8-16-9-11/h4,7-10,12H,2-3,5-6H2,1H3. The Hall–Kier alpha value is -2.24. The molecular weight excluding hydrogens is 270 g/mol. The lowest BCUT2D eigenvalue weighted by molar-refractivity contribution is -0.144. The second-order valence-electron chi connectivity index (χ2n) is 5.24. The largest absolute Gasteiger partial charge is 0.468 e. The molecule has 0 aliphatic heterocycles. The second kappa shape index (κ2) is 6.03. The quantitative estimate of drug-likeness (QED) is 0.804. The van der Waals surface area contributed by atoms with Gasteiger partial charge in [0, 0.05) is 18.0 Å². The number of hydrogen-bond donors (Lipinski definition) is 0. The first-order valence-electron chi connectivity index (χ1n) is 7.11. The van der Waals surface area contributed by atoms with Crippen LogP contribution in [0.25, 0.3) is 11.4 Å². The molecular formula is C15H17N3O3. The van der Waals surface area contributed by atoms with Gasteiger partial charge in [-0.15, -0.1) is 0 Å². The molecule has 6 heteroatoms. The minimum Gasteiger partial charge on any atom is -0.468 e. The maximum atomic E-state index is 12.1. The number of aromatic nitrogens is 3. The number of pyridine rings is 1. The molecule has 2 heterocycles. The minimum atomic E-state index is -0.463. The lowest BCUT2D eigenvalue weighted by Crippen LogP contribution is -2.21. The van der Waals surface area contributed by atoms with Gasteiger partial charge in [0.2, 0.25) is 11.7 Å². The van der Waals surface area contributed by atoms with Crippen molar-refractivity contribution in [1.82, 2.24) is 15.1 Å². The third-order valence-electron chi connectivity index (χ3n) is 3.95. The van der Waals surface area contributed by atoms with E-state index in [1.54, 1.807) is 18.5 Å². The molecule has 21 heavy (non-hydrogen) atoms. The molecule has 1 fully saturated rings. The molecule has 0 aromatic carbocycles. The van der Waals surface area contributed by atoms with Crippen molar-refractivity contribution in [2.45, 2.75) is 31.6 Å². The topological polar surface area (TPSA) is 78.1 Å². The van der Waals surface area contributed by atoms with Crippen LogP contribution in [0, 0.1) is 5.92 Å². The van der Waals surface area contributed by atoms with Gasteiger partial charge in [0.05, 0.1) is 7.11 Å². The zero-order valence-corrected chi connectivity index (χ0v) is 11.9. The summed E-state index contributed by atoms with van der Waals surface area (Å²) in [6.07, 6.45) is 7.58. The van der Waals surface area contributed by atoms with E-state index in [0.29, 0.717) is 11.7 Å². The average Bonchev–Trinajstić information content (AvgIpc) is 3.20. The summed E-state index contributed by atoms with van der Waals surface area (Å²) in [7, 11) is 1.39. The summed E-state index contributed by atoms with van der Waals surface area (Å²) in [5.74, 6) is 0.246. The summed E-state index contributed by atoms with van der Waals surface area (Å²) >= 11 is 0. The molecule has 1 saturated carbocycles. The highest BCUT2D eigenvalue weighted by Gasteiger charge is 2.37. The van der Waals surface area contributed by atoms with Gasteiger partial charge >= 0.3 is 5.97 Å². The van der Waals surface area contributed by atoms with Crippen LogP contribution in [-0.4, -0.2) is 28.2 Å². The second-order valence-corrected chi connectivity index (χ2v) is 5.24. The Kier molecular flexibility index (Phi) is 3.94. The van der Waals surface area contributed by atoms with Crippen molar-refractivity contribution in [3.05, 3.63) is 30.4 Å². The van der Waals surface area contributed by atoms with Crippen molar-refractivity contribution in [2.24, 2.45) is 5.92 Å². The van der Waals surface area contributed by atoms with Gasteiger partial charge in [-0.05, 0) is 30.9 Å². The minimum absolute atomic E-state index is 0.222. The van der Waals surface area contributed by atoms with Crippen molar-refractivity contribution in [3.8, 4) is 11.4 Å². The highest BCUT2D eigenvalue weighted by atomic mass is 16.5. The summed E-state index contributed by atoms with van der Waals surface area (Å²) < 4.78 is 10.2. The van der Waals surface area contributed by atoms with Crippen LogP contribution >= 0.6 is 0 Å². The van der Waals surface area contributed by atoms with Crippen LogP contribution in [0.1, 0.15) is 37.5 Å². The highest BCUT2D eigenvalue weighted by molar-refractivity contribution is 5.77. The lowest BCUT2D eigenvalue weighted by atomic mass is 9.91. The fraction of sp³-hybridized carbons (Fsp3) is 0.467. The zero-order chi connectivity index (χ0) is 14.7. The van der Waals surface area contributed by atoms with Gasteiger partial charge in [-0.25, -0.2) is 0 Å². The van der Waals surface area contributed by atoms with Crippen molar-refractivity contribution < 1.29 is 14.1 Å². The van der Waals surface area contributed by atoms with E-state index >= 15 is 0 Å². The average molecular weight is 287 g/mol. The Morgan fingerprint density at radius 1 is 1.43 bits per heavy atom. The van der Waals surface area contributed by atoms with Crippen molar-refractivity contribution in [3.63, 3.8) is 0 Å². The monoisotopic (exact) mass is 287 g/mol. The summed E-state index contributed by atoms with van der Waals surface area (Å²) in [6.45, 7) is 0. The van der Waals surface area contributed by atoms with Gasteiger partial charge in [-0.2, -0.15) is 4.98 Å². The highest BCUT2D eigenvalue weighted by Crippen LogP contribution is 2.37. The number of carbonyl (C=O) groups is 1. The van der Waals surface area contributed by atoms with Gasteiger partial charge in [-0.1, -0.05) is 18.0 Å². The first-order valence-corrected chi connectivity index (χ1v) is 7.11. The Labute approximate surface area is 122 Å². The van der Waals surface area contributed by atoms with Crippen LogP contribution in [0.5, 0.6) is 0 Å². The third kappa shape index (κ3) is 2.79. The van der Waals surface area contributed by atoms with E-state index in [2.05, 4.69) is 15.1 Å². The van der Waals surface area contributed by atoms with Crippen molar-refractivity contribution in [2.75, 3.05) is 7.11 Å². The molecule has 110 valence electrons. The molecule has 1 aliphatic rings. The van der Waals surface area contributed by atoms with Gasteiger partial charge in [0.1, 0.15) is 5.92 Å². The maximum absolute atomic E-state index is 12.1. The molecule has 0 bridgehead atoms. The summed E-state index contributed by atoms with van der Waals surface area (Å²) in [5.41, 5.74) is 0.766. The molecule has 2 aromatic heterocycles. The number of rotatable bonds is 4. The molecule has 0 amide bonds. The molecule has 0 spiro atoms. The number of esters is 1. The van der Waals surface area contributed by atoms with Crippen molar-refractivity contribution >= 4 is 5.97 Å². The summed E-state index contributed by atoms with van der Waals surface area (Å²) in [6, 6.07) is 3.66. The number of hydrogen-bond acceptors (Lipinski definition) is 6. The maximum Gasteiger partial charge on any atom is 0.318 e. The van der Waals surface area contributed by atoms with E-state index in [0.717, 1.165) is 31.2 Å². The first-order chi connectivity index (χ1) is 10.3. The predicted molar refractivity (Wildman–Crippen MR) is 74.2 cm³/mol. The van der Waals surface area contributed by atoms with Gasteiger partial charge in [0.15, 0.2) is 0 Å². The van der Waals surface area contributed by atoms with E-state index in [9.17, 15) is 4.79 Å². The number of ether oxygens (including phenoxy) is 1. The van der Waals surface area contributed by atoms with E-state index < -0.39 is 5.92 Å². The normalized spacial score (nSPS) is 16.8. The molecule has 6 nitrogen and oxygen atoms in total. The lowest BCUT2D eigenvalue weighted by Gasteiger charge is -2.16. The molecule has 1 unspecified atom stereocenters. The number of nitrogens with zero attached hydrogens (tertiary/aromatic N) is 3. The van der Waals surface area contributed by atoms with Gasteiger partial charge < -0.3 is 9.26 Å². The van der Waals surface area contributed by atoms with E-state index in [1.165, 1.54) is 7.11 Å². The smallest absolute Gasteiger partial charge is 0.318 e. The molecule has 1 atom stereocenters. The summed E-state index contributed by atoms with van der Waals surface area (Å²) in [5, 5.41) is 3.96. The van der Waals surface area contributed by atoms with Gasteiger partial charge in [0.25, 0.3) is 0 Å². The summed E-state index contributed by atoms with van der Waals surface area (Å²) in [4.78, 5) is 20.5. The molecule has 0 radical (unpaired) electrons. The zero-order valence-electron chi connectivity index (χ0n) is 11.9. The van der Waals surface area contributed by atoms with E-state index in [-0.39, 0.29) is 11.9 Å². The fourth-order valence-corrected chi connectivity index (χ4v) is 2.89. The molecule has 0 saturated heterocycles. The fourth-order valence-electron chi connectivity index (χ4n) is 2.89. The molecule has 0 N–H and O–H groups in total. The Morgan fingerprint density at radius 3 is 2.90 bits per heavy atom. The number of methoxy groups -OCH3 is 1. The van der Waals surface area contributed by atoms with Crippen LogP contribution in [0.2, 0.25) is 0 Å². The van der Waals surface area contributed by atoms with Crippen LogP contribution in [-0.2, 0) is 9.53 Å². The SMILES string of the molecule is COC(=O)C(c1nc(-c2cccnc2)no1)C1CCCC1. The van der Waals surface area contributed by atoms with Crippen LogP contribution in [0.4, 0.5) is 0 Å². The predicted octanol–water partition coefficient (Wildman–Crippen LogP) is 2.58. The molecule has 2 aromatic rings.